The highest BCUT2D eigenvalue weighted by Crippen LogP contribution is 2.32. The van der Waals surface area contributed by atoms with E-state index in [1.54, 1.807) is 19.1 Å². The maximum atomic E-state index is 13.1. The Hall–Kier alpha value is -3.01. The number of nitrogens with two attached hydrogens (primary N) is 1. The standard InChI is InChI=1S/C17H15F3N4O2S/c1-11-7-8-12(9-14(11)21)15-10-16(17(18,19)20)22-24(15)23-27(25,26)13-5-3-2-4-6-13/h2-10,23H,21H2,1H3. The second-order valence-corrected chi connectivity index (χ2v) is 7.46. The van der Waals surface area contributed by atoms with Crippen molar-refractivity contribution in [3.05, 3.63) is 65.9 Å². The third-order valence-corrected chi connectivity index (χ3v) is 5.14. The molecular formula is C17H15F3N4O2S. The smallest absolute Gasteiger partial charge is 0.398 e. The molecule has 0 atom stereocenters. The summed E-state index contributed by atoms with van der Waals surface area (Å²) in [6.45, 7) is 1.75. The van der Waals surface area contributed by atoms with Crippen LogP contribution >= 0.6 is 0 Å². The highest BCUT2D eigenvalue weighted by atomic mass is 32.2. The summed E-state index contributed by atoms with van der Waals surface area (Å²) in [5.41, 5.74) is 5.90. The largest absolute Gasteiger partial charge is 0.435 e. The van der Waals surface area contributed by atoms with Crippen LogP contribution in [0, 0.1) is 6.92 Å². The number of halogens is 3. The molecule has 0 aliphatic carbocycles. The van der Waals surface area contributed by atoms with Crippen LogP contribution in [-0.4, -0.2) is 18.3 Å². The lowest BCUT2D eigenvalue weighted by Crippen LogP contribution is -2.25. The number of nitrogens with one attached hydrogen (secondary N) is 1. The van der Waals surface area contributed by atoms with E-state index >= 15 is 0 Å². The van der Waals surface area contributed by atoms with Gasteiger partial charge in [-0.3, -0.25) is 0 Å². The molecule has 0 saturated carbocycles. The molecule has 1 heterocycles. The van der Waals surface area contributed by atoms with Crippen molar-refractivity contribution in [3.63, 3.8) is 0 Å². The van der Waals surface area contributed by atoms with E-state index in [4.69, 9.17) is 5.73 Å². The number of anilines is 1. The Balaban J connectivity index is 2.11. The van der Waals surface area contributed by atoms with Gasteiger partial charge in [0.25, 0.3) is 10.0 Å². The zero-order valence-electron chi connectivity index (χ0n) is 14.0. The first-order chi connectivity index (χ1) is 12.6. The lowest BCUT2D eigenvalue weighted by Gasteiger charge is -2.12. The number of aromatic nitrogens is 2. The van der Waals surface area contributed by atoms with Gasteiger partial charge in [0, 0.05) is 11.3 Å². The quantitative estimate of drug-likeness (QED) is 0.662. The van der Waals surface area contributed by atoms with Crippen molar-refractivity contribution in [2.45, 2.75) is 18.0 Å². The summed E-state index contributed by atoms with van der Waals surface area (Å²) in [4.78, 5) is 2.55. The Morgan fingerprint density at radius 2 is 1.74 bits per heavy atom. The summed E-state index contributed by atoms with van der Waals surface area (Å²) < 4.78 is 64.3. The summed E-state index contributed by atoms with van der Waals surface area (Å²) in [6.07, 6.45) is -4.74. The molecule has 0 bridgehead atoms. The Morgan fingerprint density at radius 3 is 2.33 bits per heavy atom. The van der Waals surface area contributed by atoms with Gasteiger partial charge in [-0.2, -0.15) is 31.2 Å². The fourth-order valence-electron chi connectivity index (χ4n) is 2.36. The van der Waals surface area contributed by atoms with Crippen molar-refractivity contribution in [2.24, 2.45) is 0 Å². The van der Waals surface area contributed by atoms with Crippen LogP contribution < -0.4 is 10.6 Å². The number of rotatable bonds is 4. The monoisotopic (exact) mass is 396 g/mol. The van der Waals surface area contributed by atoms with E-state index in [1.807, 2.05) is 0 Å². The molecule has 2 aromatic carbocycles. The van der Waals surface area contributed by atoms with Crippen molar-refractivity contribution >= 4 is 15.7 Å². The van der Waals surface area contributed by atoms with Gasteiger partial charge in [-0.25, -0.2) is 0 Å². The lowest BCUT2D eigenvalue weighted by atomic mass is 10.1. The second kappa shape index (κ2) is 6.62. The number of hydrogen-bond acceptors (Lipinski definition) is 4. The molecule has 0 aliphatic rings. The van der Waals surface area contributed by atoms with Crippen molar-refractivity contribution in [2.75, 3.05) is 10.6 Å². The van der Waals surface area contributed by atoms with E-state index in [2.05, 4.69) is 9.93 Å². The maximum absolute atomic E-state index is 13.1. The zero-order valence-corrected chi connectivity index (χ0v) is 14.8. The highest BCUT2D eigenvalue weighted by molar-refractivity contribution is 7.92. The van der Waals surface area contributed by atoms with Gasteiger partial charge in [0.1, 0.15) is 0 Å². The molecular weight excluding hydrogens is 381 g/mol. The van der Waals surface area contributed by atoms with E-state index in [-0.39, 0.29) is 16.2 Å². The summed E-state index contributed by atoms with van der Waals surface area (Å²) >= 11 is 0. The number of sulfonamides is 1. The van der Waals surface area contributed by atoms with Gasteiger partial charge in [-0.05, 0) is 36.8 Å². The average molecular weight is 396 g/mol. The molecule has 142 valence electrons. The fourth-order valence-corrected chi connectivity index (χ4v) is 3.35. The van der Waals surface area contributed by atoms with Gasteiger partial charge < -0.3 is 5.73 Å². The normalized spacial score (nSPS) is 12.1. The molecule has 3 rings (SSSR count). The first kappa shape index (κ1) is 18.8. The van der Waals surface area contributed by atoms with Gasteiger partial charge in [0.15, 0.2) is 5.69 Å². The van der Waals surface area contributed by atoms with E-state index in [0.29, 0.717) is 10.5 Å². The zero-order chi connectivity index (χ0) is 19.8. The Morgan fingerprint density at radius 1 is 1.07 bits per heavy atom. The number of nitrogens with zero attached hydrogens (tertiary/aromatic N) is 2. The molecule has 0 unspecified atom stereocenters. The minimum atomic E-state index is -4.74. The Kier molecular flexibility index (Phi) is 4.60. The summed E-state index contributed by atoms with van der Waals surface area (Å²) in [5, 5.41) is 3.38. The number of aryl methyl sites for hydroxylation is 1. The van der Waals surface area contributed by atoms with E-state index in [1.165, 1.54) is 36.4 Å². The Labute approximate surface area is 153 Å². The molecule has 0 fully saturated rings. The number of alkyl halides is 3. The van der Waals surface area contributed by atoms with Crippen LogP contribution in [0.5, 0.6) is 0 Å². The minimum absolute atomic E-state index is 0.0893. The van der Waals surface area contributed by atoms with Crippen LogP contribution in [0.2, 0.25) is 0 Å². The maximum Gasteiger partial charge on any atom is 0.435 e. The van der Waals surface area contributed by atoms with Crippen LogP contribution in [0.15, 0.2) is 59.5 Å². The number of benzene rings is 2. The number of nitrogen functional groups attached to an aromatic ring is 1. The average Bonchev–Trinajstić information content (AvgIpc) is 3.01. The van der Waals surface area contributed by atoms with Gasteiger partial charge in [0.2, 0.25) is 0 Å². The van der Waals surface area contributed by atoms with Gasteiger partial charge in [0.05, 0.1) is 10.6 Å². The SMILES string of the molecule is Cc1ccc(-c2cc(C(F)(F)F)nn2NS(=O)(=O)c2ccccc2)cc1N. The molecule has 0 amide bonds. The lowest BCUT2D eigenvalue weighted by molar-refractivity contribution is -0.141. The van der Waals surface area contributed by atoms with Crippen molar-refractivity contribution in [1.82, 2.24) is 9.89 Å². The van der Waals surface area contributed by atoms with E-state index in [9.17, 15) is 21.6 Å². The molecule has 10 heteroatoms. The predicted molar refractivity (Wildman–Crippen MR) is 94.8 cm³/mol. The number of hydrogen-bond donors (Lipinski definition) is 2. The van der Waals surface area contributed by atoms with Crippen LogP contribution in [0.3, 0.4) is 0 Å². The third-order valence-electron chi connectivity index (χ3n) is 3.83. The molecule has 6 nitrogen and oxygen atoms in total. The van der Waals surface area contributed by atoms with Crippen LogP contribution in [0.1, 0.15) is 11.3 Å². The molecule has 3 aromatic rings. The molecule has 0 radical (unpaired) electrons. The fraction of sp³-hybridized carbons (Fsp3) is 0.118. The second-order valence-electron chi connectivity index (χ2n) is 5.80. The van der Waals surface area contributed by atoms with Gasteiger partial charge in [-0.15, -0.1) is 5.10 Å². The molecule has 0 aliphatic heterocycles. The van der Waals surface area contributed by atoms with E-state index < -0.39 is 21.9 Å². The van der Waals surface area contributed by atoms with Crippen LogP contribution in [0.25, 0.3) is 11.3 Å². The van der Waals surface area contributed by atoms with Gasteiger partial charge in [-0.1, -0.05) is 30.3 Å². The van der Waals surface area contributed by atoms with Crippen LogP contribution in [-0.2, 0) is 16.2 Å². The first-order valence-electron chi connectivity index (χ1n) is 7.69. The molecule has 1 aromatic heterocycles. The van der Waals surface area contributed by atoms with Crippen molar-refractivity contribution < 1.29 is 21.6 Å². The predicted octanol–water partition coefficient (Wildman–Crippen LogP) is 3.39. The molecule has 0 spiro atoms. The van der Waals surface area contributed by atoms with E-state index in [0.717, 1.165) is 11.6 Å². The molecule has 27 heavy (non-hydrogen) atoms. The summed E-state index contributed by atoms with van der Waals surface area (Å²) in [5.74, 6) is 0. The minimum Gasteiger partial charge on any atom is -0.398 e. The summed E-state index contributed by atoms with van der Waals surface area (Å²) in [7, 11) is -4.14. The van der Waals surface area contributed by atoms with Gasteiger partial charge >= 0.3 is 6.18 Å². The summed E-state index contributed by atoms with van der Waals surface area (Å²) in [6, 6.07) is 12.6. The van der Waals surface area contributed by atoms with Crippen molar-refractivity contribution in [1.29, 1.82) is 0 Å². The Bertz CT molecular complexity index is 1080. The first-order valence-corrected chi connectivity index (χ1v) is 9.18. The van der Waals surface area contributed by atoms with Crippen LogP contribution in [0.4, 0.5) is 18.9 Å². The highest BCUT2D eigenvalue weighted by Gasteiger charge is 2.35. The topological polar surface area (TPSA) is 90.0 Å². The van der Waals surface area contributed by atoms with Crippen molar-refractivity contribution in [3.8, 4) is 11.3 Å². The molecule has 0 saturated heterocycles. The molecule has 3 N–H and O–H groups in total. The third kappa shape index (κ3) is 3.90.